The molecule has 0 amide bonds. The molecule has 0 saturated heterocycles. The number of benzene rings is 3. The van der Waals surface area contributed by atoms with Crippen molar-refractivity contribution in [3.63, 3.8) is 0 Å². The molecule has 0 aliphatic heterocycles. The molecule has 0 radical (unpaired) electrons. The topological polar surface area (TPSA) is 9.23 Å². The van der Waals surface area contributed by atoms with Crippen molar-refractivity contribution in [2.75, 3.05) is 0 Å². The van der Waals surface area contributed by atoms with Crippen molar-refractivity contribution in [1.82, 2.24) is 0 Å². The van der Waals surface area contributed by atoms with E-state index in [9.17, 15) is 0 Å². The predicted molar refractivity (Wildman–Crippen MR) is 103 cm³/mol. The summed E-state index contributed by atoms with van der Waals surface area (Å²) < 4.78 is 8.85. The van der Waals surface area contributed by atoms with Gasteiger partial charge in [-0.1, -0.05) is 0 Å². The van der Waals surface area contributed by atoms with Gasteiger partial charge in [0.2, 0.25) is 0 Å². The van der Waals surface area contributed by atoms with Crippen molar-refractivity contribution in [2.45, 2.75) is 13.0 Å². The summed E-state index contributed by atoms with van der Waals surface area (Å²) in [4.78, 5) is 0. The molecule has 1 nitrogen and oxygen atoms in total. The fourth-order valence-corrected chi connectivity index (χ4v) is 4.57. The molecule has 3 aromatic carbocycles. The third-order valence-electron chi connectivity index (χ3n) is 3.65. The zero-order valence-electron chi connectivity index (χ0n) is 13.5. The molecule has 0 aliphatic carbocycles. The minimum atomic E-state index is 0.270. The van der Waals surface area contributed by atoms with Crippen LogP contribution in [0.2, 0.25) is 0 Å². The van der Waals surface area contributed by atoms with E-state index in [0.717, 1.165) is 12.2 Å². The molecule has 3 rings (SSSR count). The van der Waals surface area contributed by atoms with Crippen LogP contribution in [0.5, 0.6) is 5.75 Å². The normalized spacial score (nSPS) is 10.3. The monoisotopic (exact) mass is 380 g/mol. The van der Waals surface area contributed by atoms with E-state index >= 15 is 0 Å². The maximum atomic E-state index is 6.12. The molecular weight excluding hydrogens is 359 g/mol. The minimum absolute atomic E-state index is 0.270. The summed E-state index contributed by atoms with van der Waals surface area (Å²) in [5, 5.41) is 0. The van der Waals surface area contributed by atoms with Crippen LogP contribution in [0.15, 0.2) is 91.5 Å². The molecule has 0 unspecified atom stereocenters. The number of hydrogen-bond acceptors (Lipinski definition) is 1. The van der Waals surface area contributed by atoms with Gasteiger partial charge in [0, 0.05) is 0 Å². The Balaban J connectivity index is 1.83. The summed E-state index contributed by atoms with van der Waals surface area (Å²) in [5.74, 6) is 0.967. The first-order chi connectivity index (χ1) is 11.9. The molecule has 0 N–H and O–H groups in total. The van der Waals surface area contributed by atoms with Gasteiger partial charge in [-0.05, 0) is 0 Å². The average Bonchev–Trinajstić information content (AvgIpc) is 2.64. The molecule has 0 aromatic heterocycles. The van der Waals surface area contributed by atoms with Crippen molar-refractivity contribution < 1.29 is 4.74 Å². The quantitative estimate of drug-likeness (QED) is 0.450. The fourth-order valence-electron chi connectivity index (χ4n) is 2.47. The number of rotatable bonds is 7. The van der Waals surface area contributed by atoms with E-state index in [2.05, 4.69) is 67.2 Å². The Hall–Kier alpha value is -2.28. The van der Waals surface area contributed by atoms with Gasteiger partial charge in [0.15, 0.2) is 0 Å². The predicted octanol–water partition coefficient (Wildman–Crippen LogP) is 3.65. The molecule has 24 heavy (non-hydrogen) atoms. The summed E-state index contributed by atoms with van der Waals surface area (Å²) >= 11 is 0.270. The Morgan fingerprint density at radius 1 is 0.833 bits per heavy atom. The van der Waals surface area contributed by atoms with Crippen molar-refractivity contribution in [3.05, 3.63) is 103 Å². The van der Waals surface area contributed by atoms with Crippen LogP contribution in [-0.2, 0) is 13.0 Å². The SMILES string of the molecule is C=CCc1c(OCc2ccccc2)cccc1[Se]c1ccccc1. The maximum absolute atomic E-state index is 6.12. The summed E-state index contributed by atoms with van der Waals surface area (Å²) in [7, 11) is 0. The second-order valence-corrected chi connectivity index (χ2v) is 7.76. The van der Waals surface area contributed by atoms with Crippen LogP contribution < -0.4 is 13.7 Å². The Labute approximate surface area is 150 Å². The standard InChI is InChI=1S/C22H20OSe/c1-2-10-20-21(23-17-18-11-5-3-6-12-18)15-9-16-22(20)24-19-13-7-4-8-14-19/h2-9,11-16H,1,10,17H2. The molecule has 120 valence electrons. The molecule has 2 heteroatoms. The summed E-state index contributed by atoms with van der Waals surface area (Å²) in [5.41, 5.74) is 2.44. The average molecular weight is 379 g/mol. The molecular formula is C22H20OSe. The van der Waals surface area contributed by atoms with E-state index in [1.165, 1.54) is 20.1 Å². The van der Waals surface area contributed by atoms with Gasteiger partial charge in [-0.15, -0.1) is 0 Å². The molecule has 0 atom stereocenters. The number of allylic oxidation sites excluding steroid dienone is 1. The van der Waals surface area contributed by atoms with Crippen LogP contribution in [0, 0.1) is 0 Å². The first kappa shape index (κ1) is 16.6. The number of ether oxygens (including phenoxy) is 1. The zero-order valence-corrected chi connectivity index (χ0v) is 15.2. The van der Waals surface area contributed by atoms with Crippen LogP contribution in [0.3, 0.4) is 0 Å². The van der Waals surface area contributed by atoms with Crippen molar-refractivity contribution >= 4 is 23.9 Å². The Morgan fingerprint density at radius 2 is 1.54 bits per heavy atom. The van der Waals surface area contributed by atoms with Crippen LogP contribution in [0.25, 0.3) is 0 Å². The molecule has 0 saturated carbocycles. The summed E-state index contributed by atoms with van der Waals surface area (Å²) in [6.45, 7) is 4.50. The fraction of sp³-hybridized carbons (Fsp3) is 0.0909. The third kappa shape index (κ3) is 4.38. The third-order valence-corrected chi connectivity index (χ3v) is 5.98. The van der Waals surface area contributed by atoms with Gasteiger partial charge in [-0.2, -0.15) is 0 Å². The van der Waals surface area contributed by atoms with Gasteiger partial charge >= 0.3 is 150 Å². The Kier molecular flexibility index (Phi) is 5.90. The van der Waals surface area contributed by atoms with E-state index in [4.69, 9.17) is 4.74 Å². The van der Waals surface area contributed by atoms with Crippen LogP contribution >= 0.6 is 0 Å². The second kappa shape index (κ2) is 8.54. The van der Waals surface area contributed by atoms with Gasteiger partial charge in [0.05, 0.1) is 0 Å². The van der Waals surface area contributed by atoms with E-state index < -0.39 is 0 Å². The molecule has 0 heterocycles. The molecule has 3 aromatic rings. The van der Waals surface area contributed by atoms with E-state index in [-0.39, 0.29) is 15.0 Å². The van der Waals surface area contributed by atoms with Crippen LogP contribution in [0.4, 0.5) is 0 Å². The van der Waals surface area contributed by atoms with E-state index in [0.29, 0.717) is 6.61 Å². The first-order valence-corrected chi connectivity index (χ1v) is 9.70. The first-order valence-electron chi connectivity index (χ1n) is 7.99. The van der Waals surface area contributed by atoms with Gasteiger partial charge in [-0.25, -0.2) is 0 Å². The van der Waals surface area contributed by atoms with Gasteiger partial charge in [-0.3, -0.25) is 0 Å². The second-order valence-electron chi connectivity index (χ2n) is 5.42. The number of hydrogen-bond donors (Lipinski definition) is 0. The molecule has 0 aliphatic rings. The summed E-state index contributed by atoms with van der Waals surface area (Å²) in [6, 6.07) is 27.3. The molecule has 0 bridgehead atoms. The molecule has 0 spiro atoms. The van der Waals surface area contributed by atoms with Crippen molar-refractivity contribution in [3.8, 4) is 5.75 Å². The summed E-state index contributed by atoms with van der Waals surface area (Å²) in [6.07, 6.45) is 2.78. The van der Waals surface area contributed by atoms with Crippen molar-refractivity contribution in [1.29, 1.82) is 0 Å². The van der Waals surface area contributed by atoms with E-state index in [1.54, 1.807) is 0 Å². The van der Waals surface area contributed by atoms with Gasteiger partial charge < -0.3 is 0 Å². The Morgan fingerprint density at radius 3 is 2.25 bits per heavy atom. The van der Waals surface area contributed by atoms with Crippen LogP contribution in [0.1, 0.15) is 11.1 Å². The van der Waals surface area contributed by atoms with Crippen molar-refractivity contribution in [2.24, 2.45) is 0 Å². The van der Waals surface area contributed by atoms with Gasteiger partial charge in [0.25, 0.3) is 0 Å². The zero-order chi connectivity index (χ0) is 16.6. The molecule has 0 fully saturated rings. The van der Waals surface area contributed by atoms with E-state index in [1.807, 2.05) is 24.3 Å². The van der Waals surface area contributed by atoms with Crippen LogP contribution in [-0.4, -0.2) is 15.0 Å². The Bertz CT molecular complexity index is 782. The van der Waals surface area contributed by atoms with Gasteiger partial charge in [0.1, 0.15) is 0 Å².